The van der Waals surface area contributed by atoms with Crippen molar-refractivity contribution in [2.75, 3.05) is 11.4 Å². The third kappa shape index (κ3) is 2.89. The van der Waals surface area contributed by atoms with Crippen LogP contribution in [0, 0.1) is 5.95 Å². The molecule has 0 radical (unpaired) electrons. The van der Waals surface area contributed by atoms with E-state index in [2.05, 4.69) is 4.98 Å². The Labute approximate surface area is 110 Å². The first-order valence-electron chi connectivity index (χ1n) is 5.98. The minimum atomic E-state index is -0.734. The van der Waals surface area contributed by atoms with Gasteiger partial charge in [-0.25, -0.2) is 9.78 Å². The van der Waals surface area contributed by atoms with Crippen molar-refractivity contribution < 1.29 is 18.7 Å². The molecule has 0 atom stereocenters. The third-order valence-electron chi connectivity index (χ3n) is 2.57. The fourth-order valence-electron chi connectivity index (χ4n) is 1.80. The minimum absolute atomic E-state index is 0.0329. The normalized spacial score (nSPS) is 15.2. The van der Waals surface area contributed by atoms with E-state index < -0.39 is 17.6 Å². The van der Waals surface area contributed by atoms with Gasteiger partial charge in [-0.1, -0.05) is 0 Å². The summed E-state index contributed by atoms with van der Waals surface area (Å²) in [5.41, 5.74) is -0.412. The predicted octanol–water partition coefficient (Wildman–Crippen LogP) is 2.55. The Morgan fingerprint density at radius 2 is 2.11 bits per heavy atom. The molecule has 0 bridgehead atoms. The van der Waals surface area contributed by atoms with Gasteiger partial charge >= 0.3 is 6.09 Å². The number of Topliss-reactive ketones (excluding diaryl/α,β-unsaturated/α-hetero) is 1. The summed E-state index contributed by atoms with van der Waals surface area (Å²) in [5.74, 6) is -0.852. The van der Waals surface area contributed by atoms with Crippen molar-refractivity contribution in [2.24, 2.45) is 0 Å². The summed E-state index contributed by atoms with van der Waals surface area (Å²) in [5, 5.41) is 0. The van der Waals surface area contributed by atoms with E-state index in [1.807, 2.05) is 0 Å². The van der Waals surface area contributed by atoms with E-state index in [9.17, 15) is 14.0 Å². The van der Waals surface area contributed by atoms with Crippen LogP contribution in [0.2, 0.25) is 0 Å². The maximum Gasteiger partial charge on any atom is 0.416 e. The zero-order valence-corrected chi connectivity index (χ0v) is 11.1. The van der Waals surface area contributed by atoms with Crippen LogP contribution in [0.1, 0.15) is 37.6 Å². The number of nitrogens with zero attached hydrogens (tertiary/aromatic N) is 2. The molecule has 2 rings (SSSR count). The Morgan fingerprint density at radius 3 is 2.74 bits per heavy atom. The van der Waals surface area contributed by atoms with Crippen molar-refractivity contribution in [1.82, 2.24) is 4.98 Å². The zero-order valence-electron chi connectivity index (χ0n) is 11.1. The average molecular weight is 266 g/mol. The fraction of sp³-hybridized carbons (Fsp3) is 0.462. The summed E-state index contributed by atoms with van der Waals surface area (Å²) in [6.45, 7) is 5.36. The van der Waals surface area contributed by atoms with Crippen LogP contribution in [0.3, 0.4) is 0 Å². The summed E-state index contributed by atoms with van der Waals surface area (Å²) < 4.78 is 18.4. The molecular formula is C13H15FN2O3. The molecule has 6 heteroatoms. The lowest BCUT2D eigenvalue weighted by Crippen LogP contribution is -2.41. The van der Waals surface area contributed by atoms with Crippen molar-refractivity contribution in [3.8, 4) is 0 Å². The highest BCUT2D eigenvalue weighted by Gasteiger charge is 2.32. The minimum Gasteiger partial charge on any atom is -0.443 e. The second-order valence-corrected chi connectivity index (χ2v) is 5.31. The van der Waals surface area contributed by atoms with E-state index in [1.165, 1.54) is 11.0 Å². The van der Waals surface area contributed by atoms with Crippen LogP contribution < -0.4 is 4.90 Å². The molecule has 2 heterocycles. The molecule has 0 unspecified atom stereocenters. The van der Waals surface area contributed by atoms with Gasteiger partial charge in [-0.15, -0.1) is 0 Å². The first-order valence-corrected chi connectivity index (χ1v) is 5.98. The smallest absolute Gasteiger partial charge is 0.416 e. The van der Waals surface area contributed by atoms with Gasteiger partial charge in [0, 0.05) is 13.0 Å². The SMILES string of the molecule is CC(C)(C)OC(=O)N1CCC(=O)c2ccc(F)nc21. The van der Waals surface area contributed by atoms with Gasteiger partial charge in [0.25, 0.3) is 0 Å². The molecule has 0 aliphatic carbocycles. The Morgan fingerprint density at radius 1 is 1.42 bits per heavy atom. The van der Waals surface area contributed by atoms with Gasteiger partial charge in [0.15, 0.2) is 11.6 Å². The van der Waals surface area contributed by atoms with Crippen molar-refractivity contribution in [1.29, 1.82) is 0 Å². The van der Waals surface area contributed by atoms with Gasteiger partial charge in [0.05, 0.1) is 5.56 Å². The lowest BCUT2D eigenvalue weighted by molar-refractivity contribution is 0.0576. The second kappa shape index (κ2) is 4.60. The number of halogens is 1. The molecule has 0 saturated heterocycles. The van der Waals surface area contributed by atoms with Crippen LogP contribution in [0.4, 0.5) is 15.0 Å². The van der Waals surface area contributed by atoms with Crippen LogP contribution in [0.5, 0.6) is 0 Å². The molecule has 1 aliphatic rings. The molecule has 1 aromatic rings. The van der Waals surface area contributed by atoms with Crippen molar-refractivity contribution in [3.05, 3.63) is 23.6 Å². The largest absolute Gasteiger partial charge is 0.443 e. The number of carbonyl (C=O) groups is 2. The molecule has 1 aliphatic heterocycles. The molecule has 0 saturated carbocycles. The molecule has 5 nitrogen and oxygen atoms in total. The van der Waals surface area contributed by atoms with Crippen molar-refractivity contribution in [3.63, 3.8) is 0 Å². The number of ether oxygens (including phenoxy) is 1. The van der Waals surface area contributed by atoms with E-state index in [1.54, 1.807) is 20.8 Å². The van der Waals surface area contributed by atoms with E-state index in [0.29, 0.717) is 0 Å². The van der Waals surface area contributed by atoms with Crippen molar-refractivity contribution in [2.45, 2.75) is 32.8 Å². The predicted molar refractivity (Wildman–Crippen MR) is 66.7 cm³/mol. The molecule has 1 amide bonds. The van der Waals surface area contributed by atoms with Crippen LogP contribution >= 0.6 is 0 Å². The number of amides is 1. The lowest BCUT2D eigenvalue weighted by Gasteiger charge is -2.29. The maximum atomic E-state index is 13.2. The molecular weight excluding hydrogens is 251 g/mol. The van der Waals surface area contributed by atoms with Gasteiger partial charge in [-0.05, 0) is 32.9 Å². The molecule has 102 valence electrons. The number of ketones is 1. The van der Waals surface area contributed by atoms with Gasteiger partial charge in [-0.2, -0.15) is 4.39 Å². The van der Waals surface area contributed by atoms with Crippen LogP contribution in [-0.2, 0) is 4.74 Å². The molecule has 1 aromatic heterocycles. The van der Waals surface area contributed by atoms with Gasteiger partial charge in [0.2, 0.25) is 5.95 Å². The van der Waals surface area contributed by atoms with Crippen LogP contribution in [0.15, 0.2) is 12.1 Å². The first kappa shape index (κ1) is 13.5. The number of rotatable bonds is 0. The number of fused-ring (bicyclic) bond motifs is 1. The molecule has 0 N–H and O–H groups in total. The van der Waals surface area contributed by atoms with E-state index >= 15 is 0 Å². The third-order valence-corrected chi connectivity index (χ3v) is 2.57. The number of pyridine rings is 1. The number of carbonyl (C=O) groups excluding carboxylic acids is 2. The highest BCUT2D eigenvalue weighted by molar-refractivity contribution is 6.06. The monoisotopic (exact) mass is 266 g/mol. The number of aromatic nitrogens is 1. The van der Waals surface area contributed by atoms with Crippen LogP contribution in [0.25, 0.3) is 0 Å². The van der Waals surface area contributed by atoms with Gasteiger partial charge < -0.3 is 4.74 Å². The average Bonchev–Trinajstić information content (AvgIpc) is 2.26. The molecule has 0 fully saturated rings. The fourth-order valence-corrected chi connectivity index (χ4v) is 1.80. The quantitative estimate of drug-likeness (QED) is 0.677. The maximum absolute atomic E-state index is 13.2. The van der Waals surface area contributed by atoms with Crippen LogP contribution in [-0.4, -0.2) is 29.0 Å². The topological polar surface area (TPSA) is 59.5 Å². The summed E-state index contributed by atoms with van der Waals surface area (Å²) >= 11 is 0. The highest BCUT2D eigenvalue weighted by Crippen LogP contribution is 2.26. The molecule has 19 heavy (non-hydrogen) atoms. The summed E-state index contributed by atoms with van der Waals surface area (Å²) in [6.07, 6.45) is -0.445. The molecule has 0 aromatic carbocycles. The molecule has 0 spiro atoms. The standard InChI is InChI=1S/C13H15FN2O3/c1-13(2,3)19-12(18)16-7-6-9(17)8-4-5-10(14)15-11(8)16/h4-5H,6-7H2,1-3H3. The van der Waals surface area contributed by atoms with Gasteiger partial charge in [0.1, 0.15) is 5.60 Å². The lowest BCUT2D eigenvalue weighted by atomic mass is 10.0. The zero-order chi connectivity index (χ0) is 14.2. The van der Waals surface area contributed by atoms with E-state index in [-0.39, 0.29) is 30.1 Å². The number of anilines is 1. The Balaban J connectivity index is 2.35. The number of hydrogen-bond acceptors (Lipinski definition) is 4. The number of hydrogen-bond donors (Lipinski definition) is 0. The summed E-state index contributed by atoms with van der Waals surface area (Å²) in [7, 11) is 0. The van der Waals surface area contributed by atoms with Crippen molar-refractivity contribution >= 4 is 17.7 Å². The summed E-state index contributed by atoms with van der Waals surface area (Å²) in [4.78, 5) is 28.6. The summed E-state index contributed by atoms with van der Waals surface area (Å²) in [6, 6.07) is 2.45. The Kier molecular flexibility index (Phi) is 3.26. The first-order chi connectivity index (χ1) is 8.78. The second-order valence-electron chi connectivity index (χ2n) is 5.31. The van der Waals surface area contributed by atoms with Gasteiger partial charge in [-0.3, -0.25) is 9.69 Å². The Bertz CT molecular complexity index is 537. The van der Waals surface area contributed by atoms with E-state index in [0.717, 1.165) is 6.07 Å². The van der Waals surface area contributed by atoms with E-state index in [4.69, 9.17) is 4.74 Å². The Hall–Kier alpha value is -1.98. The highest BCUT2D eigenvalue weighted by atomic mass is 19.1.